The van der Waals surface area contributed by atoms with Crippen molar-refractivity contribution in [2.45, 2.75) is 19.0 Å². The van der Waals surface area contributed by atoms with E-state index in [2.05, 4.69) is 24.8 Å². The number of halogens is 2. The van der Waals surface area contributed by atoms with Crippen molar-refractivity contribution < 1.29 is 21.9 Å². The number of ether oxygens (including phenoxy) is 1. The fraction of sp³-hybridized carbons (Fsp3) is 0.444. The van der Waals surface area contributed by atoms with Gasteiger partial charge < -0.3 is 9.64 Å². The highest BCUT2D eigenvalue weighted by molar-refractivity contribution is 7.88. The van der Waals surface area contributed by atoms with Gasteiger partial charge >= 0.3 is 0 Å². The number of sulfonamides is 1. The summed E-state index contributed by atoms with van der Waals surface area (Å²) in [6.07, 6.45) is 3.65. The molecule has 0 unspecified atom stereocenters. The quantitative estimate of drug-likeness (QED) is 0.589. The second kappa shape index (κ2) is 8.05. The first-order valence-corrected chi connectivity index (χ1v) is 11.4. The summed E-state index contributed by atoms with van der Waals surface area (Å²) in [5.41, 5.74) is 0.969. The van der Waals surface area contributed by atoms with Crippen LogP contribution in [0.3, 0.4) is 0 Å². The average Bonchev–Trinajstić information content (AvgIpc) is 3.15. The Morgan fingerprint density at radius 3 is 2.84 bits per heavy atom. The van der Waals surface area contributed by atoms with E-state index >= 15 is 0 Å². The van der Waals surface area contributed by atoms with E-state index in [1.54, 1.807) is 6.07 Å². The van der Waals surface area contributed by atoms with Crippen LogP contribution in [0, 0.1) is 0 Å². The molecule has 1 saturated heterocycles. The molecule has 1 aliphatic heterocycles. The van der Waals surface area contributed by atoms with Crippen molar-refractivity contribution in [1.82, 2.24) is 29.3 Å². The molecule has 0 aromatic carbocycles. The van der Waals surface area contributed by atoms with Crippen LogP contribution < -0.4 is 9.62 Å². The van der Waals surface area contributed by atoms with Gasteiger partial charge in [0, 0.05) is 32.6 Å². The maximum atomic E-state index is 13.7. The summed E-state index contributed by atoms with van der Waals surface area (Å²) in [4.78, 5) is 14.7. The Hall–Kier alpha value is -2.77. The molecule has 0 spiro atoms. The Balaban J connectivity index is 1.60. The molecule has 1 N–H and O–H groups in total. The van der Waals surface area contributed by atoms with Crippen molar-refractivity contribution in [3.8, 4) is 11.4 Å². The third-order valence-electron chi connectivity index (χ3n) is 4.76. The van der Waals surface area contributed by atoms with Crippen molar-refractivity contribution >= 4 is 21.5 Å². The van der Waals surface area contributed by atoms with Crippen molar-refractivity contribution in [2.24, 2.45) is 0 Å². The van der Waals surface area contributed by atoms with Crippen molar-refractivity contribution in [3.63, 3.8) is 0 Å². The van der Waals surface area contributed by atoms with E-state index in [9.17, 15) is 17.2 Å². The summed E-state index contributed by atoms with van der Waals surface area (Å²) >= 11 is 0. The smallest absolute Gasteiger partial charge is 0.288 e. The molecule has 13 heteroatoms. The van der Waals surface area contributed by atoms with E-state index in [-0.39, 0.29) is 18.3 Å². The summed E-state index contributed by atoms with van der Waals surface area (Å²) in [6, 6.07) is 4.44. The largest absolute Gasteiger partial charge is 0.373 e. The SMILES string of the molecule is CC(F)(F)c1ccc2ncc(-c3cc(N4CCO[C@H](CNS(C)(=O)=O)C4)ncn3)n2n1. The van der Waals surface area contributed by atoms with Gasteiger partial charge in [0.15, 0.2) is 5.65 Å². The summed E-state index contributed by atoms with van der Waals surface area (Å²) in [6.45, 7) is 2.33. The molecule has 3 aromatic rings. The van der Waals surface area contributed by atoms with E-state index in [4.69, 9.17) is 4.74 Å². The Kier molecular flexibility index (Phi) is 5.58. The van der Waals surface area contributed by atoms with Gasteiger partial charge in [-0.15, -0.1) is 0 Å². The Bertz CT molecular complexity index is 1200. The molecule has 31 heavy (non-hydrogen) atoms. The van der Waals surface area contributed by atoms with Crippen LogP contribution in [0.25, 0.3) is 17.0 Å². The molecule has 166 valence electrons. The summed E-state index contributed by atoms with van der Waals surface area (Å²) in [7, 11) is -3.32. The zero-order valence-corrected chi connectivity index (χ0v) is 17.7. The van der Waals surface area contributed by atoms with Gasteiger partial charge in [0.1, 0.15) is 23.5 Å². The molecule has 10 nitrogen and oxygen atoms in total. The molecule has 0 saturated carbocycles. The Labute approximate surface area is 177 Å². The number of hydrogen-bond donors (Lipinski definition) is 1. The molecule has 0 amide bonds. The van der Waals surface area contributed by atoms with Gasteiger partial charge in [0.25, 0.3) is 5.92 Å². The molecule has 1 fully saturated rings. The average molecular weight is 453 g/mol. The normalized spacial score (nSPS) is 17.9. The first-order valence-electron chi connectivity index (χ1n) is 9.47. The Morgan fingerprint density at radius 1 is 1.29 bits per heavy atom. The van der Waals surface area contributed by atoms with Gasteiger partial charge in [-0.25, -0.2) is 32.6 Å². The van der Waals surface area contributed by atoms with Crippen LogP contribution in [-0.2, 0) is 20.7 Å². The number of morpholine rings is 1. The lowest BCUT2D eigenvalue weighted by Crippen LogP contribution is -2.47. The maximum Gasteiger partial charge on any atom is 0.288 e. The molecule has 0 aliphatic carbocycles. The number of rotatable bonds is 6. The topological polar surface area (TPSA) is 115 Å². The monoisotopic (exact) mass is 453 g/mol. The molecular formula is C18H21F2N7O3S. The molecule has 4 rings (SSSR count). The molecular weight excluding hydrogens is 432 g/mol. The maximum absolute atomic E-state index is 13.7. The minimum atomic E-state index is -3.32. The van der Waals surface area contributed by atoms with Gasteiger partial charge in [0.2, 0.25) is 10.0 Å². The number of hydrogen-bond acceptors (Lipinski definition) is 8. The predicted octanol–water partition coefficient (Wildman–Crippen LogP) is 1.05. The number of fused-ring (bicyclic) bond motifs is 1. The first kappa shape index (κ1) is 21.5. The number of nitrogens with one attached hydrogen (secondary N) is 1. The molecule has 0 radical (unpaired) electrons. The van der Waals surface area contributed by atoms with E-state index in [0.717, 1.165) is 13.2 Å². The highest BCUT2D eigenvalue weighted by Gasteiger charge is 2.27. The van der Waals surface area contributed by atoms with Gasteiger partial charge in [-0.3, -0.25) is 0 Å². The first-order chi connectivity index (χ1) is 14.6. The predicted molar refractivity (Wildman–Crippen MR) is 108 cm³/mol. The van der Waals surface area contributed by atoms with Crippen LogP contribution in [0.2, 0.25) is 0 Å². The van der Waals surface area contributed by atoms with Crippen LogP contribution in [0.15, 0.2) is 30.7 Å². The number of alkyl halides is 2. The molecule has 1 aliphatic rings. The fourth-order valence-corrected chi connectivity index (χ4v) is 3.73. The fourth-order valence-electron chi connectivity index (χ4n) is 3.24. The number of aromatic nitrogens is 5. The van der Waals surface area contributed by atoms with Crippen LogP contribution in [-0.4, -0.2) is 71.6 Å². The lowest BCUT2D eigenvalue weighted by molar-refractivity contribution is 0.0116. The molecule has 4 heterocycles. The van der Waals surface area contributed by atoms with Gasteiger partial charge in [-0.2, -0.15) is 13.9 Å². The molecule has 1 atom stereocenters. The van der Waals surface area contributed by atoms with Crippen LogP contribution in [0.1, 0.15) is 12.6 Å². The van der Waals surface area contributed by atoms with E-state index in [1.807, 2.05) is 4.90 Å². The van der Waals surface area contributed by atoms with E-state index < -0.39 is 15.9 Å². The van der Waals surface area contributed by atoms with Gasteiger partial charge in [-0.1, -0.05) is 0 Å². The minimum absolute atomic E-state index is 0.151. The number of imidazole rings is 1. The molecule has 0 bridgehead atoms. The van der Waals surface area contributed by atoms with Gasteiger partial charge in [-0.05, 0) is 12.1 Å². The third kappa shape index (κ3) is 4.94. The number of nitrogens with zero attached hydrogens (tertiary/aromatic N) is 6. The second-order valence-electron chi connectivity index (χ2n) is 7.34. The summed E-state index contributed by atoms with van der Waals surface area (Å²) in [5, 5.41) is 4.03. The van der Waals surface area contributed by atoms with E-state index in [1.165, 1.54) is 29.2 Å². The zero-order valence-electron chi connectivity index (χ0n) is 16.9. The lowest BCUT2D eigenvalue weighted by Gasteiger charge is -2.33. The summed E-state index contributed by atoms with van der Waals surface area (Å²) in [5.74, 6) is -2.49. The summed E-state index contributed by atoms with van der Waals surface area (Å²) < 4.78 is 59.5. The van der Waals surface area contributed by atoms with Gasteiger partial charge in [0.05, 0.1) is 30.9 Å². The zero-order chi connectivity index (χ0) is 22.2. The standard InChI is InChI=1S/C18H21F2N7O3S/c1-18(19,20)15-3-4-16-21-9-14(27(16)25-15)13-7-17(23-11-22-13)26-5-6-30-12(10-26)8-24-31(2,28)29/h3-4,7,9,11-12,24H,5-6,8,10H2,1-2H3/t12-/m1/s1. The number of anilines is 1. The minimum Gasteiger partial charge on any atom is -0.373 e. The van der Waals surface area contributed by atoms with Crippen LogP contribution >= 0.6 is 0 Å². The highest BCUT2D eigenvalue weighted by Crippen LogP contribution is 2.27. The second-order valence-corrected chi connectivity index (χ2v) is 9.17. The van der Waals surface area contributed by atoms with Crippen molar-refractivity contribution in [3.05, 3.63) is 36.4 Å². The van der Waals surface area contributed by atoms with Crippen LogP contribution in [0.4, 0.5) is 14.6 Å². The van der Waals surface area contributed by atoms with E-state index in [0.29, 0.717) is 42.5 Å². The third-order valence-corrected chi connectivity index (χ3v) is 5.45. The highest BCUT2D eigenvalue weighted by atomic mass is 32.2. The molecule has 3 aromatic heterocycles. The Morgan fingerprint density at radius 2 is 2.10 bits per heavy atom. The van der Waals surface area contributed by atoms with Crippen molar-refractivity contribution in [2.75, 3.05) is 37.4 Å². The van der Waals surface area contributed by atoms with Crippen molar-refractivity contribution in [1.29, 1.82) is 0 Å². The van der Waals surface area contributed by atoms with Crippen LogP contribution in [0.5, 0.6) is 0 Å². The lowest BCUT2D eigenvalue weighted by atomic mass is 10.2.